The number of aromatic nitrogens is 2. The van der Waals surface area contributed by atoms with E-state index < -0.39 is 0 Å². The Morgan fingerprint density at radius 2 is 1.73 bits per heavy atom. The van der Waals surface area contributed by atoms with Gasteiger partial charge in [-0.3, -0.25) is 9.59 Å². The summed E-state index contributed by atoms with van der Waals surface area (Å²) in [4.78, 5) is 29.4. The van der Waals surface area contributed by atoms with Gasteiger partial charge in [0.15, 0.2) is 12.4 Å². The first-order chi connectivity index (χ1) is 18.0. The molecule has 0 unspecified atom stereocenters. The Kier molecular flexibility index (Phi) is 7.63. The third-order valence-electron chi connectivity index (χ3n) is 7.32. The van der Waals surface area contributed by atoms with Crippen LogP contribution in [0.1, 0.15) is 36.3 Å². The number of ether oxygens (including phenoxy) is 1. The lowest BCUT2D eigenvalue weighted by atomic mass is 9.89. The second kappa shape index (κ2) is 11.4. The van der Waals surface area contributed by atoms with Crippen molar-refractivity contribution in [1.82, 2.24) is 15.1 Å². The van der Waals surface area contributed by atoms with Gasteiger partial charge in [-0.2, -0.15) is 5.10 Å². The van der Waals surface area contributed by atoms with E-state index in [1.165, 1.54) is 5.56 Å². The molecular weight excluding hydrogens is 466 g/mol. The van der Waals surface area contributed by atoms with Crippen molar-refractivity contribution in [3.05, 3.63) is 78.0 Å². The summed E-state index contributed by atoms with van der Waals surface area (Å²) in [5.41, 5.74) is 3.22. The minimum Gasteiger partial charge on any atom is -0.484 e. The molecule has 0 spiro atoms. The quantitative estimate of drug-likeness (QED) is 0.528. The Morgan fingerprint density at radius 1 is 0.973 bits per heavy atom. The number of carbonyl (C=O) groups is 2. The van der Waals surface area contributed by atoms with Crippen LogP contribution in [0, 0.1) is 12.8 Å². The van der Waals surface area contributed by atoms with Crippen LogP contribution in [0.5, 0.6) is 5.75 Å². The molecule has 1 N–H and O–H groups in total. The van der Waals surface area contributed by atoms with Crippen molar-refractivity contribution < 1.29 is 14.3 Å². The maximum absolute atomic E-state index is 12.8. The maximum atomic E-state index is 12.8. The van der Waals surface area contributed by atoms with Gasteiger partial charge in [-0.1, -0.05) is 29.8 Å². The van der Waals surface area contributed by atoms with Crippen LogP contribution in [0.15, 0.2) is 66.9 Å². The van der Waals surface area contributed by atoms with Crippen molar-refractivity contribution in [2.75, 3.05) is 43.0 Å². The number of nitrogens with one attached hydrogen (secondary N) is 1. The second-order valence-electron chi connectivity index (χ2n) is 9.88. The molecule has 5 rings (SSSR count). The zero-order chi connectivity index (χ0) is 25.6. The third kappa shape index (κ3) is 6.25. The molecule has 2 amide bonds. The molecule has 192 valence electrons. The number of aryl methyl sites for hydroxylation is 1. The molecule has 3 heterocycles. The number of benzene rings is 2. The van der Waals surface area contributed by atoms with Gasteiger partial charge in [0.2, 0.25) is 5.91 Å². The van der Waals surface area contributed by atoms with E-state index in [1.54, 1.807) is 6.20 Å². The number of hydrogen-bond acceptors (Lipinski definition) is 6. The van der Waals surface area contributed by atoms with Gasteiger partial charge in [-0.25, -0.2) is 0 Å². The van der Waals surface area contributed by atoms with E-state index in [2.05, 4.69) is 32.5 Å². The highest BCUT2D eigenvalue weighted by Gasteiger charge is 2.29. The average Bonchev–Trinajstić information content (AvgIpc) is 3.44. The third-order valence-corrected chi connectivity index (χ3v) is 7.32. The summed E-state index contributed by atoms with van der Waals surface area (Å²) in [7, 11) is 0. The number of piperidine rings is 1. The molecule has 8 nitrogen and oxygen atoms in total. The van der Waals surface area contributed by atoms with Crippen LogP contribution >= 0.6 is 0 Å². The van der Waals surface area contributed by atoms with Gasteiger partial charge in [-0.05, 0) is 74.1 Å². The maximum Gasteiger partial charge on any atom is 0.260 e. The van der Waals surface area contributed by atoms with Crippen molar-refractivity contribution in [2.24, 2.45) is 5.92 Å². The Hall–Kier alpha value is -3.94. The number of hydrogen-bond donors (Lipinski definition) is 1. The molecule has 37 heavy (non-hydrogen) atoms. The van der Waals surface area contributed by atoms with E-state index in [1.807, 2.05) is 60.4 Å². The molecule has 2 aliphatic rings. The lowest BCUT2D eigenvalue weighted by Crippen LogP contribution is -2.40. The van der Waals surface area contributed by atoms with Gasteiger partial charge >= 0.3 is 0 Å². The standard InChI is InChI=1S/C29H33N5O3/c1-21-4-10-26(11-5-21)37-20-28(35)33-16-12-23(13-17-33)22-6-8-25(9-7-22)31-29(36)24-14-18-34(19-24)27-3-2-15-30-32-27/h2-11,15,23-24H,12-14,16-20H2,1H3,(H,31,36)/t24-/m0/s1. The number of nitrogens with zero attached hydrogens (tertiary/aromatic N) is 4. The van der Waals surface area contributed by atoms with Crippen molar-refractivity contribution in [3.63, 3.8) is 0 Å². The Bertz CT molecular complexity index is 1190. The Morgan fingerprint density at radius 3 is 2.43 bits per heavy atom. The highest BCUT2D eigenvalue weighted by molar-refractivity contribution is 5.93. The van der Waals surface area contributed by atoms with Gasteiger partial charge in [0, 0.05) is 38.1 Å². The highest BCUT2D eigenvalue weighted by Crippen LogP contribution is 2.29. The SMILES string of the molecule is Cc1ccc(OCC(=O)N2CCC(c3ccc(NC(=O)[C@H]4CCN(c5cccnn5)C4)cc3)CC2)cc1. The lowest BCUT2D eigenvalue weighted by Gasteiger charge is -2.32. The molecule has 8 heteroatoms. The molecule has 0 radical (unpaired) electrons. The summed E-state index contributed by atoms with van der Waals surface area (Å²) >= 11 is 0. The van der Waals surface area contributed by atoms with Crippen LogP contribution in [0.3, 0.4) is 0 Å². The topological polar surface area (TPSA) is 87.7 Å². The number of amides is 2. The number of anilines is 2. The largest absolute Gasteiger partial charge is 0.484 e. The average molecular weight is 500 g/mol. The molecule has 3 aromatic rings. The molecule has 2 aliphatic heterocycles. The predicted octanol–water partition coefficient (Wildman–Crippen LogP) is 4.04. The van der Waals surface area contributed by atoms with E-state index in [-0.39, 0.29) is 24.3 Å². The van der Waals surface area contributed by atoms with E-state index in [4.69, 9.17) is 4.74 Å². The van der Waals surface area contributed by atoms with Crippen molar-refractivity contribution in [2.45, 2.75) is 32.1 Å². The van der Waals surface area contributed by atoms with Crippen LogP contribution in [-0.4, -0.2) is 59.7 Å². The van der Waals surface area contributed by atoms with Gasteiger partial charge < -0.3 is 19.9 Å². The molecule has 2 saturated heterocycles. The number of likely N-dealkylation sites (tertiary alicyclic amines) is 1. The first kappa shape index (κ1) is 24.7. The fourth-order valence-electron chi connectivity index (χ4n) is 5.06. The van der Waals surface area contributed by atoms with Crippen LogP contribution in [-0.2, 0) is 9.59 Å². The summed E-state index contributed by atoms with van der Waals surface area (Å²) in [5.74, 6) is 1.94. The molecular formula is C29H33N5O3. The smallest absolute Gasteiger partial charge is 0.260 e. The molecule has 0 saturated carbocycles. The molecule has 1 atom stereocenters. The van der Waals surface area contributed by atoms with E-state index in [9.17, 15) is 9.59 Å². The van der Waals surface area contributed by atoms with Crippen LogP contribution in [0.2, 0.25) is 0 Å². The fraction of sp³-hybridized carbons (Fsp3) is 0.379. The zero-order valence-corrected chi connectivity index (χ0v) is 21.2. The molecule has 1 aromatic heterocycles. The first-order valence-electron chi connectivity index (χ1n) is 13.0. The Labute approximate surface area is 217 Å². The summed E-state index contributed by atoms with van der Waals surface area (Å²) in [6, 6.07) is 19.7. The van der Waals surface area contributed by atoms with E-state index in [0.717, 1.165) is 61.7 Å². The minimum atomic E-state index is -0.0708. The predicted molar refractivity (Wildman–Crippen MR) is 143 cm³/mol. The summed E-state index contributed by atoms with van der Waals surface area (Å²) in [6.07, 6.45) is 4.29. The van der Waals surface area contributed by atoms with Crippen LogP contribution < -0.4 is 15.0 Å². The van der Waals surface area contributed by atoms with Crippen molar-refractivity contribution in [3.8, 4) is 5.75 Å². The van der Waals surface area contributed by atoms with Crippen molar-refractivity contribution in [1.29, 1.82) is 0 Å². The molecule has 2 fully saturated rings. The number of rotatable bonds is 7. The summed E-state index contributed by atoms with van der Waals surface area (Å²) in [6.45, 7) is 4.99. The minimum absolute atomic E-state index is 0.0295. The van der Waals surface area contributed by atoms with Crippen LogP contribution in [0.4, 0.5) is 11.5 Å². The molecule has 0 aliphatic carbocycles. The molecule has 2 aromatic carbocycles. The summed E-state index contributed by atoms with van der Waals surface area (Å²) in [5, 5.41) is 11.1. The zero-order valence-electron chi connectivity index (χ0n) is 21.2. The van der Waals surface area contributed by atoms with Gasteiger partial charge in [0.25, 0.3) is 5.91 Å². The normalized spacial score (nSPS) is 18.0. The van der Waals surface area contributed by atoms with Crippen molar-refractivity contribution >= 4 is 23.3 Å². The van der Waals surface area contributed by atoms with Gasteiger partial charge in [0.05, 0.1) is 5.92 Å². The molecule has 0 bridgehead atoms. The first-order valence-corrected chi connectivity index (χ1v) is 13.0. The fourth-order valence-corrected chi connectivity index (χ4v) is 5.06. The van der Waals surface area contributed by atoms with Gasteiger partial charge in [-0.15, -0.1) is 5.10 Å². The van der Waals surface area contributed by atoms with E-state index in [0.29, 0.717) is 12.5 Å². The van der Waals surface area contributed by atoms with Crippen LogP contribution in [0.25, 0.3) is 0 Å². The summed E-state index contributed by atoms with van der Waals surface area (Å²) < 4.78 is 5.66. The lowest BCUT2D eigenvalue weighted by molar-refractivity contribution is -0.134. The number of carbonyl (C=O) groups excluding carboxylic acids is 2. The van der Waals surface area contributed by atoms with Gasteiger partial charge in [0.1, 0.15) is 5.75 Å². The monoisotopic (exact) mass is 499 g/mol. The Balaban J connectivity index is 1.07. The highest BCUT2D eigenvalue weighted by atomic mass is 16.5. The van der Waals surface area contributed by atoms with E-state index >= 15 is 0 Å². The second-order valence-corrected chi connectivity index (χ2v) is 9.88.